The summed E-state index contributed by atoms with van der Waals surface area (Å²) in [4.78, 5) is 4.00. The van der Waals surface area contributed by atoms with Crippen molar-refractivity contribution in [2.45, 2.75) is 19.3 Å². The molecular weight excluding hydrogens is 186 g/mol. The standard InChI is InChI=1S/C6H11N2.Rb/c1-7-6-4-2-3-5-8-6;/h2-5H2,1H3;/q-1;+1. The first kappa shape index (κ1) is 10.3. The van der Waals surface area contributed by atoms with E-state index in [0.717, 1.165) is 18.8 Å². The van der Waals surface area contributed by atoms with Gasteiger partial charge in [-0.25, -0.2) is 0 Å². The van der Waals surface area contributed by atoms with Gasteiger partial charge in [-0.2, -0.15) is 0 Å². The second kappa shape index (κ2) is 6.02. The molecule has 0 spiro atoms. The summed E-state index contributed by atoms with van der Waals surface area (Å²) in [7, 11) is 1.81. The van der Waals surface area contributed by atoms with Gasteiger partial charge in [0.15, 0.2) is 0 Å². The fourth-order valence-electron chi connectivity index (χ4n) is 0.865. The maximum Gasteiger partial charge on any atom is 1.00 e. The van der Waals surface area contributed by atoms with Crippen molar-refractivity contribution >= 4 is 5.84 Å². The molecule has 1 aliphatic heterocycles. The summed E-state index contributed by atoms with van der Waals surface area (Å²) in [6.45, 7) is 0.993. The Kier molecular flexibility index (Phi) is 6.87. The summed E-state index contributed by atoms with van der Waals surface area (Å²) in [6.07, 6.45) is 3.62. The van der Waals surface area contributed by atoms with Crippen LogP contribution in [0.5, 0.6) is 0 Å². The predicted molar refractivity (Wildman–Crippen MR) is 35.4 cm³/mol. The van der Waals surface area contributed by atoms with E-state index >= 15 is 0 Å². The largest absolute Gasteiger partial charge is 1.00 e. The van der Waals surface area contributed by atoms with Gasteiger partial charge in [0.05, 0.1) is 0 Å². The van der Waals surface area contributed by atoms with E-state index in [0.29, 0.717) is 0 Å². The smallest absolute Gasteiger partial charge is 0.473 e. The molecule has 1 rings (SSSR count). The van der Waals surface area contributed by atoms with Crippen LogP contribution in [0.15, 0.2) is 4.99 Å². The minimum atomic E-state index is 0. The Morgan fingerprint density at radius 3 is 2.56 bits per heavy atom. The van der Waals surface area contributed by atoms with Gasteiger partial charge in [0.25, 0.3) is 0 Å². The van der Waals surface area contributed by atoms with E-state index in [4.69, 9.17) is 0 Å². The van der Waals surface area contributed by atoms with Gasteiger partial charge in [-0.15, -0.1) is 0 Å². The second-order valence-electron chi connectivity index (χ2n) is 1.98. The van der Waals surface area contributed by atoms with E-state index in [1.165, 1.54) is 12.8 Å². The zero-order valence-electron chi connectivity index (χ0n) is 6.22. The van der Waals surface area contributed by atoms with Gasteiger partial charge < -0.3 is 10.3 Å². The van der Waals surface area contributed by atoms with Gasteiger partial charge in [0.1, 0.15) is 0 Å². The molecule has 9 heavy (non-hydrogen) atoms. The molecule has 1 heterocycles. The molecule has 0 saturated carbocycles. The zero-order valence-corrected chi connectivity index (χ0v) is 11.1. The molecule has 1 aliphatic rings. The van der Waals surface area contributed by atoms with E-state index in [1.807, 2.05) is 7.05 Å². The summed E-state index contributed by atoms with van der Waals surface area (Å²) in [5.74, 6) is 1.05. The number of piperidine rings is 1. The Morgan fingerprint density at radius 1 is 1.44 bits per heavy atom. The van der Waals surface area contributed by atoms with Gasteiger partial charge in [0, 0.05) is 0 Å². The van der Waals surface area contributed by atoms with E-state index in [1.54, 1.807) is 0 Å². The topological polar surface area (TPSA) is 26.5 Å². The predicted octanol–water partition coefficient (Wildman–Crippen LogP) is -1.42. The Balaban J connectivity index is 0.000000640. The quantitative estimate of drug-likeness (QED) is 0.455. The first-order chi connectivity index (χ1) is 3.93. The van der Waals surface area contributed by atoms with Crippen LogP contribution in [-0.4, -0.2) is 19.4 Å². The fourth-order valence-corrected chi connectivity index (χ4v) is 0.865. The first-order valence-corrected chi connectivity index (χ1v) is 3.06. The number of rotatable bonds is 0. The molecule has 3 heteroatoms. The van der Waals surface area contributed by atoms with Gasteiger partial charge in [0.2, 0.25) is 0 Å². The van der Waals surface area contributed by atoms with Crippen LogP contribution in [0.2, 0.25) is 0 Å². The van der Waals surface area contributed by atoms with Crippen molar-refractivity contribution in [1.82, 2.24) is 0 Å². The van der Waals surface area contributed by atoms with Gasteiger partial charge >= 0.3 is 58.2 Å². The van der Waals surface area contributed by atoms with E-state index in [-0.39, 0.29) is 58.2 Å². The van der Waals surface area contributed by atoms with Gasteiger partial charge in [-0.3, -0.25) is 0 Å². The van der Waals surface area contributed by atoms with Crippen LogP contribution in [-0.2, 0) is 0 Å². The minimum absolute atomic E-state index is 0. The molecule has 0 bridgehead atoms. The monoisotopic (exact) mass is 196 g/mol. The molecule has 2 nitrogen and oxygen atoms in total. The molecule has 0 aliphatic carbocycles. The maximum absolute atomic E-state index is 4.20. The van der Waals surface area contributed by atoms with Crippen LogP contribution in [0.4, 0.5) is 0 Å². The Hall–Kier alpha value is 1.28. The molecule has 1 fully saturated rings. The number of nitrogens with zero attached hydrogens (tertiary/aromatic N) is 2. The third kappa shape index (κ3) is 3.86. The first-order valence-electron chi connectivity index (χ1n) is 3.06. The molecule has 46 valence electrons. The van der Waals surface area contributed by atoms with Crippen molar-refractivity contribution in [3.05, 3.63) is 5.32 Å². The van der Waals surface area contributed by atoms with Crippen LogP contribution in [0, 0.1) is 0 Å². The summed E-state index contributed by atoms with van der Waals surface area (Å²) in [5, 5.41) is 4.20. The SMILES string of the molecule is CN=C1CCCC[N-]1.[Rb+]. The number of hydrogen-bond donors (Lipinski definition) is 0. The average Bonchev–Trinajstić information content (AvgIpc) is 1.90. The average molecular weight is 197 g/mol. The van der Waals surface area contributed by atoms with E-state index in [9.17, 15) is 0 Å². The molecule has 0 N–H and O–H groups in total. The van der Waals surface area contributed by atoms with Crippen molar-refractivity contribution in [1.29, 1.82) is 0 Å². The minimum Gasteiger partial charge on any atom is -0.473 e. The third-order valence-corrected chi connectivity index (χ3v) is 1.36. The third-order valence-electron chi connectivity index (χ3n) is 1.36. The number of amidine groups is 1. The van der Waals surface area contributed by atoms with Crippen molar-refractivity contribution in [2.24, 2.45) is 4.99 Å². The Labute approximate surface area is 105 Å². The molecule has 0 atom stereocenters. The Bertz CT molecular complexity index is 93.2. The number of aliphatic imine (C=N–C) groups is 1. The van der Waals surface area contributed by atoms with Crippen LogP contribution in [0.3, 0.4) is 0 Å². The van der Waals surface area contributed by atoms with Crippen LogP contribution in [0.25, 0.3) is 5.32 Å². The van der Waals surface area contributed by atoms with Crippen LogP contribution < -0.4 is 58.2 Å². The number of hydrogen-bond acceptors (Lipinski definition) is 1. The summed E-state index contributed by atoms with van der Waals surface area (Å²) >= 11 is 0. The van der Waals surface area contributed by atoms with Crippen molar-refractivity contribution < 1.29 is 58.2 Å². The fraction of sp³-hybridized carbons (Fsp3) is 0.833. The molecule has 0 unspecified atom stereocenters. The van der Waals surface area contributed by atoms with Crippen molar-refractivity contribution in [3.8, 4) is 0 Å². The van der Waals surface area contributed by atoms with Crippen molar-refractivity contribution in [2.75, 3.05) is 13.6 Å². The van der Waals surface area contributed by atoms with E-state index < -0.39 is 0 Å². The molecule has 1 saturated heterocycles. The molecule has 0 radical (unpaired) electrons. The molecule has 0 amide bonds. The Morgan fingerprint density at radius 2 is 2.22 bits per heavy atom. The summed E-state index contributed by atoms with van der Waals surface area (Å²) in [6, 6.07) is 0. The summed E-state index contributed by atoms with van der Waals surface area (Å²) in [5.41, 5.74) is 0. The summed E-state index contributed by atoms with van der Waals surface area (Å²) < 4.78 is 0. The second-order valence-corrected chi connectivity index (χ2v) is 1.98. The van der Waals surface area contributed by atoms with E-state index in [2.05, 4.69) is 10.3 Å². The van der Waals surface area contributed by atoms with Gasteiger partial charge in [-0.1, -0.05) is 32.3 Å². The van der Waals surface area contributed by atoms with Crippen molar-refractivity contribution in [3.63, 3.8) is 0 Å². The van der Waals surface area contributed by atoms with Crippen LogP contribution in [0.1, 0.15) is 19.3 Å². The molecule has 0 aromatic rings. The molecule has 0 aromatic heterocycles. The molecule has 0 aromatic carbocycles. The van der Waals surface area contributed by atoms with Gasteiger partial charge in [-0.05, 0) is 6.42 Å². The normalized spacial score (nSPS) is 22.6. The molecular formula is C6H11N2Rb. The van der Waals surface area contributed by atoms with Crippen LogP contribution >= 0.6 is 0 Å². The maximum atomic E-state index is 4.20. The zero-order chi connectivity index (χ0) is 5.82.